The summed E-state index contributed by atoms with van der Waals surface area (Å²) >= 11 is 0. The van der Waals surface area contributed by atoms with E-state index in [1.54, 1.807) is 12.1 Å². The maximum atomic E-state index is 12.1. The van der Waals surface area contributed by atoms with Crippen LogP contribution in [0.5, 0.6) is 0 Å². The monoisotopic (exact) mass is 346 g/mol. The van der Waals surface area contributed by atoms with Crippen molar-refractivity contribution >= 4 is 11.9 Å². The number of carbonyl (C=O) groups is 2. The van der Waals surface area contributed by atoms with Crippen LogP contribution in [0.4, 0.5) is 0 Å². The molecule has 0 heterocycles. The quantitative estimate of drug-likeness (QED) is 0.661. The van der Waals surface area contributed by atoms with Crippen LogP contribution in [0.2, 0.25) is 0 Å². The minimum absolute atomic E-state index is 0.329. The van der Waals surface area contributed by atoms with E-state index in [-0.39, 0.29) is 12.2 Å². The van der Waals surface area contributed by atoms with Crippen molar-refractivity contribution in [1.29, 1.82) is 0 Å². The number of rotatable bonds is 7. The topological polar surface area (TPSA) is 52.6 Å². The Bertz CT molecular complexity index is 582. The first kappa shape index (κ1) is 19.5. The molecule has 0 spiro atoms. The second-order valence-electron chi connectivity index (χ2n) is 7.45. The van der Waals surface area contributed by atoms with Crippen molar-refractivity contribution in [3.63, 3.8) is 0 Å². The number of hydrogen-bond acceptors (Lipinski definition) is 4. The Labute approximate surface area is 150 Å². The average molecular weight is 346 g/mol. The van der Waals surface area contributed by atoms with E-state index in [0.717, 1.165) is 32.1 Å². The van der Waals surface area contributed by atoms with E-state index in [1.165, 1.54) is 5.56 Å². The second kappa shape index (κ2) is 8.50. The molecule has 0 N–H and O–H groups in total. The van der Waals surface area contributed by atoms with Gasteiger partial charge in [0.05, 0.1) is 5.56 Å². The van der Waals surface area contributed by atoms with Crippen LogP contribution in [0.25, 0.3) is 0 Å². The van der Waals surface area contributed by atoms with Crippen LogP contribution in [-0.2, 0) is 14.3 Å². The van der Waals surface area contributed by atoms with E-state index in [9.17, 15) is 9.59 Å². The van der Waals surface area contributed by atoms with Crippen molar-refractivity contribution in [1.82, 2.24) is 0 Å². The lowest BCUT2D eigenvalue weighted by molar-refractivity contribution is -0.163. The summed E-state index contributed by atoms with van der Waals surface area (Å²) in [6.45, 7) is 8.22. The van der Waals surface area contributed by atoms with Gasteiger partial charge in [-0.3, -0.25) is 0 Å². The van der Waals surface area contributed by atoms with E-state index in [0.29, 0.717) is 17.4 Å². The molecule has 1 aliphatic carbocycles. The molecule has 4 heteroatoms. The van der Waals surface area contributed by atoms with E-state index in [4.69, 9.17) is 9.47 Å². The van der Waals surface area contributed by atoms with E-state index < -0.39 is 11.9 Å². The summed E-state index contributed by atoms with van der Waals surface area (Å²) in [6.07, 6.45) is 4.78. The van der Waals surface area contributed by atoms with E-state index >= 15 is 0 Å². The molecule has 1 fully saturated rings. The summed E-state index contributed by atoms with van der Waals surface area (Å²) < 4.78 is 10.7. The van der Waals surface area contributed by atoms with Gasteiger partial charge in [-0.2, -0.15) is 0 Å². The molecule has 0 aliphatic heterocycles. The average Bonchev–Trinajstić information content (AvgIpc) is 3.08. The summed E-state index contributed by atoms with van der Waals surface area (Å²) in [7, 11) is 0. The molecule has 1 unspecified atom stereocenters. The molecule has 1 aliphatic rings. The molecule has 1 saturated carbocycles. The first-order valence-corrected chi connectivity index (χ1v) is 9.36. The minimum Gasteiger partial charge on any atom is -0.457 e. The first-order chi connectivity index (χ1) is 11.9. The van der Waals surface area contributed by atoms with Crippen LogP contribution >= 0.6 is 0 Å². The minimum atomic E-state index is -0.488. The third-order valence-corrected chi connectivity index (χ3v) is 5.48. The van der Waals surface area contributed by atoms with Gasteiger partial charge in [0.15, 0.2) is 6.61 Å². The molecular weight excluding hydrogens is 316 g/mol. The molecule has 1 aromatic rings. The summed E-state index contributed by atoms with van der Waals surface area (Å²) in [6, 6.07) is 7.41. The van der Waals surface area contributed by atoms with Gasteiger partial charge >= 0.3 is 11.9 Å². The van der Waals surface area contributed by atoms with Crippen LogP contribution in [0.1, 0.15) is 81.6 Å². The molecule has 0 radical (unpaired) electrons. The highest BCUT2D eigenvalue weighted by Gasteiger charge is 2.36. The third kappa shape index (κ3) is 5.07. The smallest absolute Gasteiger partial charge is 0.344 e. The van der Waals surface area contributed by atoms with Gasteiger partial charge in [0, 0.05) is 0 Å². The Balaban J connectivity index is 1.86. The van der Waals surface area contributed by atoms with Crippen LogP contribution in [-0.4, -0.2) is 24.1 Å². The highest BCUT2D eigenvalue weighted by Crippen LogP contribution is 2.36. The van der Waals surface area contributed by atoms with Gasteiger partial charge in [0.1, 0.15) is 5.60 Å². The van der Waals surface area contributed by atoms with Crippen LogP contribution in [0, 0.1) is 5.92 Å². The molecule has 1 atom stereocenters. The van der Waals surface area contributed by atoms with Gasteiger partial charge in [-0.05, 0) is 61.6 Å². The molecule has 0 aromatic heterocycles. The van der Waals surface area contributed by atoms with Crippen LogP contribution < -0.4 is 0 Å². The van der Waals surface area contributed by atoms with Gasteiger partial charge in [-0.1, -0.05) is 39.8 Å². The van der Waals surface area contributed by atoms with Crippen molar-refractivity contribution in [3.8, 4) is 0 Å². The largest absolute Gasteiger partial charge is 0.457 e. The number of benzene rings is 1. The fourth-order valence-electron chi connectivity index (χ4n) is 3.33. The molecule has 4 nitrogen and oxygen atoms in total. The normalized spacial score (nSPS) is 17.3. The van der Waals surface area contributed by atoms with Gasteiger partial charge < -0.3 is 9.47 Å². The fourth-order valence-corrected chi connectivity index (χ4v) is 3.33. The molecule has 1 aromatic carbocycles. The summed E-state index contributed by atoms with van der Waals surface area (Å²) in [5, 5.41) is 0. The number of carbonyl (C=O) groups excluding carboxylic acids is 2. The van der Waals surface area contributed by atoms with Crippen molar-refractivity contribution in [2.45, 2.75) is 71.3 Å². The predicted octanol–water partition coefficient (Wildman–Crippen LogP) is 4.87. The Hall–Kier alpha value is -1.84. The first-order valence-electron chi connectivity index (χ1n) is 9.36. The molecule has 0 saturated heterocycles. The van der Waals surface area contributed by atoms with Crippen LogP contribution in [0.3, 0.4) is 0 Å². The van der Waals surface area contributed by atoms with Crippen molar-refractivity contribution in [2.24, 2.45) is 5.92 Å². The second-order valence-corrected chi connectivity index (χ2v) is 7.45. The molecular formula is C21H30O4. The predicted molar refractivity (Wildman–Crippen MR) is 97.6 cm³/mol. The molecule has 0 amide bonds. The maximum Gasteiger partial charge on any atom is 0.344 e. The highest BCUT2D eigenvalue weighted by atomic mass is 16.6. The Kier molecular flexibility index (Phi) is 6.63. The SMILES string of the molecule is CCC1(OC(=O)COC(=O)c2ccc(C(C)C(C)C)cc2)CCCC1. The van der Waals surface area contributed by atoms with Gasteiger partial charge in [0.25, 0.3) is 0 Å². The maximum absolute atomic E-state index is 12.1. The van der Waals surface area contributed by atoms with Gasteiger partial charge in [-0.15, -0.1) is 0 Å². The van der Waals surface area contributed by atoms with E-state index in [2.05, 4.69) is 20.8 Å². The van der Waals surface area contributed by atoms with Crippen molar-refractivity contribution < 1.29 is 19.1 Å². The summed E-state index contributed by atoms with van der Waals surface area (Å²) in [4.78, 5) is 24.1. The van der Waals surface area contributed by atoms with Gasteiger partial charge in [0.2, 0.25) is 0 Å². The lowest BCUT2D eigenvalue weighted by Crippen LogP contribution is -2.33. The molecule has 25 heavy (non-hydrogen) atoms. The van der Waals surface area contributed by atoms with Crippen LogP contribution in [0.15, 0.2) is 24.3 Å². The number of ether oxygens (including phenoxy) is 2. The Morgan fingerprint density at radius 2 is 1.68 bits per heavy atom. The lowest BCUT2D eigenvalue weighted by Gasteiger charge is -2.27. The zero-order chi connectivity index (χ0) is 18.4. The Morgan fingerprint density at radius 3 is 2.20 bits per heavy atom. The third-order valence-electron chi connectivity index (χ3n) is 5.48. The molecule has 0 bridgehead atoms. The number of hydrogen-bond donors (Lipinski definition) is 0. The molecule has 138 valence electrons. The number of esters is 2. The lowest BCUT2D eigenvalue weighted by atomic mass is 9.90. The van der Waals surface area contributed by atoms with Crippen molar-refractivity contribution in [3.05, 3.63) is 35.4 Å². The standard InChI is InChI=1S/C21H30O4/c1-5-21(12-6-7-13-21)25-19(22)14-24-20(23)18-10-8-17(9-11-18)16(4)15(2)3/h8-11,15-16H,5-7,12-14H2,1-4H3. The van der Waals surface area contributed by atoms with Crippen molar-refractivity contribution in [2.75, 3.05) is 6.61 Å². The van der Waals surface area contributed by atoms with Gasteiger partial charge in [-0.25, -0.2) is 9.59 Å². The highest BCUT2D eigenvalue weighted by molar-refractivity contribution is 5.90. The Morgan fingerprint density at radius 1 is 1.08 bits per heavy atom. The summed E-state index contributed by atoms with van der Waals surface area (Å²) in [5.74, 6) is 0.0190. The zero-order valence-corrected chi connectivity index (χ0v) is 15.8. The van der Waals surface area contributed by atoms with E-state index in [1.807, 2.05) is 19.1 Å². The molecule has 2 rings (SSSR count). The summed E-state index contributed by atoms with van der Waals surface area (Å²) in [5.41, 5.74) is 1.30. The zero-order valence-electron chi connectivity index (χ0n) is 15.8. The fraction of sp³-hybridized carbons (Fsp3) is 0.619.